The van der Waals surface area contributed by atoms with Crippen LogP contribution in [0.5, 0.6) is 0 Å². The van der Waals surface area contributed by atoms with Gasteiger partial charge in [0.05, 0.1) is 23.4 Å². The van der Waals surface area contributed by atoms with Crippen LogP contribution in [0.25, 0.3) is 11.3 Å². The highest BCUT2D eigenvalue weighted by Crippen LogP contribution is 2.31. The first-order valence-corrected chi connectivity index (χ1v) is 10.5. The van der Waals surface area contributed by atoms with Gasteiger partial charge >= 0.3 is 0 Å². The van der Waals surface area contributed by atoms with E-state index in [1.165, 1.54) is 12.1 Å². The standard InChI is InChI=1S/C24H26FN3O2/c1-3-22-24(16(2)27-30-22)21-6-4-5-20(26-21)18-11-13-28(14-12-18)23(29)15-17-7-9-19(25)10-8-17/h4-10,18H,3,11-15H2,1-2H3. The molecule has 2 aromatic heterocycles. The SMILES string of the molecule is CCc1onc(C)c1-c1cccc(C2CCN(C(=O)Cc3ccc(F)cc3)CC2)n1. The number of carbonyl (C=O) groups excluding carboxylic acids is 1. The second-order valence-corrected chi connectivity index (χ2v) is 7.83. The molecule has 4 rings (SSSR count). The third kappa shape index (κ3) is 4.27. The first kappa shape index (κ1) is 20.3. The second-order valence-electron chi connectivity index (χ2n) is 7.83. The van der Waals surface area contributed by atoms with Crippen molar-refractivity contribution in [2.24, 2.45) is 0 Å². The van der Waals surface area contributed by atoms with Crippen LogP contribution in [0.15, 0.2) is 47.0 Å². The van der Waals surface area contributed by atoms with Crippen LogP contribution in [0.2, 0.25) is 0 Å². The van der Waals surface area contributed by atoms with Crippen molar-refractivity contribution in [1.82, 2.24) is 15.0 Å². The Hall–Kier alpha value is -3.02. The van der Waals surface area contributed by atoms with Gasteiger partial charge in [0.2, 0.25) is 5.91 Å². The van der Waals surface area contributed by atoms with Crippen molar-refractivity contribution in [2.75, 3.05) is 13.1 Å². The molecule has 0 unspecified atom stereocenters. The molecule has 156 valence electrons. The summed E-state index contributed by atoms with van der Waals surface area (Å²) in [7, 11) is 0. The zero-order chi connectivity index (χ0) is 21.1. The fraction of sp³-hybridized carbons (Fsp3) is 0.375. The Bertz CT molecular complexity index is 1020. The lowest BCUT2D eigenvalue weighted by atomic mass is 9.92. The molecule has 30 heavy (non-hydrogen) atoms. The van der Waals surface area contributed by atoms with Crippen molar-refractivity contribution < 1.29 is 13.7 Å². The number of carbonyl (C=O) groups is 1. The fourth-order valence-electron chi connectivity index (χ4n) is 4.12. The molecule has 0 saturated carbocycles. The van der Waals surface area contributed by atoms with E-state index in [9.17, 15) is 9.18 Å². The Kier molecular flexibility index (Phi) is 5.93. The molecule has 0 spiro atoms. The van der Waals surface area contributed by atoms with Gasteiger partial charge in [0.25, 0.3) is 0 Å². The van der Waals surface area contributed by atoms with E-state index in [1.807, 2.05) is 30.9 Å². The van der Waals surface area contributed by atoms with Crippen LogP contribution in [-0.4, -0.2) is 34.0 Å². The predicted molar refractivity (Wildman–Crippen MR) is 113 cm³/mol. The lowest BCUT2D eigenvalue weighted by Crippen LogP contribution is -2.38. The first-order chi connectivity index (χ1) is 14.5. The number of hydrogen-bond donors (Lipinski definition) is 0. The number of likely N-dealkylation sites (tertiary alicyclic amines) is 1. The third-order valence-electron chi connectivity index (χ3n) is 5.82. The topological polar surface area (TPSA) is 59.2 Å². The van der Waals surface area contributed by atoms with Gasteiger partial charge in [0, 0.05) is 31.1 Å². The number of piperidine rings is 1. The minimum Gasteiger partial charge on any atom is -0.360 e. The van der Waals surface area contributed by atoms with Gasteiger partial charge in [-0.05, 0) is 49.6 Å². The molecular formula is C24H26FN3O2. The van der Waals surface area contributed by atoms with Crippen LogP contribution in [0.4, 0.5) is 4.39 Å². The van der Waals surface area contributed by atoms with Crippen molar-refractivity contribution in [2.45, 2.75) is 45.4 Å². The van der Waals surface area contributed by atoms with Gasteiger partial charge in [0.15, 0.2) is 0 Å². The van der Waals surface area contributed by atoms with E-state index >= 15 is 0 Å². The summed E-state index contributed by atoms with van der Waals surface area (Å²) in [5, 5.41) is 4.09. The van der Waals surface area contributed by atoms with Gasteiger partial charge in [-0.25, -0.2) is 4.39 Å². The molecule has 6 heteroatoms. The number of amides is 1. The molecule has 0 radical (unpaired) electrons. The predicted octanol–water partition coefficient (Wildman–Crippen LogP) is 4.70. The molecule has 1 saturated heterocycles. The molecule has 1 aliphatic rings. The average molecular weight is 407 g/mol. The molecule has 0 atom stereocenters. The summed E-state index contributed by atoms with van der Waals surface area (Å²) in [5.41, 5.74) is 4.65. The Morgan fingerprint density at radius 2 is 1.90 bits per heavy atom. The summed E-state index contributed by atoms with van der Waals surface area (Å²) < 4.78 is 18.5. The van der Waals surface area contributed by atoms with E-state index in [0.717, 1.165) is 53.2 Å². The van der Waals surface area contributed by atoms with Crippen molar-refractivity contribution in [3.63, 3.8) is 0 Å². The van der Waals surface area contributed by atoms with Crippen molar-refractivity contribution >= 4 is 5.91 Å². The molecule has 3 aromatic rings. The lowest BCUT2D eigenvalue weighted by molar-refractivity contribution is -0.131. The third-order valence-corrected chi connectivity index (χ3v) is 5.82. The summed E-state index contributed by atoms with van der Waals surface area (Å²) in [6.07, 6.45) is 2.85. The number of benzene rings is 1. The van der Waals surface area contributed by atoms with Crippen molar-refractivity contribution in [3.8, 4) is 11.3 Å². The Morgan fingerprint density at radius 1 is 1.17 bits per heavy atom. The van der Waals surface area contributed by atoms with E-state index in [1.54, 1.807) is 12.1 Å². The fourth-order valence-corrected chi connectivity index (χ4v) is 4.12. The van der Waals surface area contributed by atoms with Gasteiger partial charge in [-0.15, -0.1) is 0 Å². The quantitative estimate of drug-likeness (QED) is 0.615. The van der Waals surface area contributed by atoms with Crippen LogP contribution < -0.4 is 0 Å². The van der Waals surface area contributed by atoms with E-state index in [4.69, 9.17) is 9.51 Å². The number of hydrogen-bond acceptors (Lipinski definition) is 4. The van der Waals surface area contributed by atoms with Gasteiger partial charge in [-0.2, -0.15) is 0 Å². The minimum atomic E-state index is -0.283. The zero-order valence-corrected chi connectivity index (χ0v) is 17.4. The highest BCUT2D eigenvalue weighted by molar-refractivity contribution is 5.78. The van der Waals surface area contributed by atoms with Crippen molar-refractivity contribution in [3.05, 3.63) is 71.0 Å². The van der Waals surface area contributed by atoms with Crippen molar-refractivity contribution in [1.29, 1.82) is 0 Å². The van der Waals surface area contributed by atoms with Crippen LogP contribution in [0.1, 0.15) is 48.4 Å². The number of halogens is 1. The maximum absolute atomic E-state index is 13.1. The normalized spacial score (nSPS) is 14.8. The van der Waals surface area contributed by atoms with Crippen LogP contribution in [-0.2, 0) is 17.6 Å². The highest BCUT2D eigenvalue weighted by Gasteiger charge is 2.25. The summed E-state index contributed by atoms with van der Waals surface area (Å²) in [6, 6.07) is 12.3. The van der Waals surface area contributed by atoms with E-state index in [-0.39, 0.29) is 11.7 Å². The Morgan fingerprint density at radius 3 is 2.60 bits per heavy atom. The van der Waals surface area contributed by atoms with Crippen LogP contribution >= 0.6 is 0 Å². The molecule has 1 fully saturated rings. The van der Waals surface area contributed by atoms with Gasteiger partial charge in [0.1, 0.15) is 11.6 Å². The molecule has 0 bridgehead atoms. The monoisotopic (exact) mass is 407 g/mol. The average Bonchev–Trinajstić information content (AvgIpc) is 3.16. The molecular weight excluding hydrogens is 381 g/mol. The van der Waals surface area contributed by atoms with Gasteiger partial charge in [-0.1, -0.05) is 30.3 Å². The largest absolute Gasteiger partial charge is 0.360 e. The molecule has 1 aliphatic heterocycles. The molecule has 5 nitrogen and oxygen atoms in total. The van der Waals surface area contributed by atoms with Gasteiger partial charge in [-0.3, -0.25) is 9.78 Å². The van der Waals surface area contributed by atoms with Crippen LogP contribution in [0, 0.1) is 12.7 Å². The molecule has 3 heterocycles. The number of rotatable bonds is 5. The maximum atomic E-state index is 13.1. The zero-order valence-electron chi connectivity index (χ0n) is 17.4. The molecule has 1 amide bonds. The smallest absolute Gasteiger partial charge is 0.226 e. The van der Waals surface area contributed by atoms with Gasteiger partial charge < -0.3 is 9.42 Å². The number of aryl methyl sites for hydroxylation is 2. The Labute approximate surface area is 175 Å². The Balaban J connectivity index is 1.41. The summed E-state index contributed by atoms with van der Waals surface area (Å²) >= 11 is 0. The molecule has 0 N–H and O–H groups in total. The second kappa shape index (κ2) is 8.78. The molecule has 1 aromatic carbocycles. The molecule has 0 aliphatic carbocycles. The van der Waals surface area contributed by atoms with E-state index in [2.05, 4.69) is 11.2 Å². The summed E-state index contributed by atoms with van der Waals surface area (Å²) in [6.45, 7) is 5.41. The number of pyridine rings is 1. The highest BCUT2D eigenvalue weighted by atomic mass is 19.1. The summed E-state index contributed by atoms with van der Waals surface area (Å²) in [4.78, 5) is 19.4. The van der Waals surface area contributed by atoms with Crippen LogP contribution in [0.3, 0.4) is 0 Å². The van der Waals surface area contributed by atoms with E-state index in [0.29, 0.717) is 25.4 Å². The maximum Gasteiger partial charge on any atom is 0.226 e. The lowest BCUT2D eigenvalue weighted by Gasteiger charge is -2.32. The number of aromatic nitrogens is 2. The summed E-state index contributed by atoms with van der Waals surface area (Å²) in [5.74, 6) is 0.993. The first-order valence-electron chi connectivity index (χ1n) is 10.5. The number of nitrogens with zero attached hydrogens (tertiary/aromatic N) is 3. The van der Waals surface area contributed by atoms with E-state index < -0.39 is 0 Å². The minimum absolute atomic E-state index is 0.0921.